The summed E-state index contributed by atoms with van der Waals surface area (Å²) in [7, 11) is 2.28. The predicted octanol–water partition coefficient (Wildman–Crippen LogP) is 5.96. The maximum atomic E-state index is 6.03. The van der Waals surface area contributed by atoms with Crippen molar-refractivity contribution >= 4 is 55.9 Å². The third kappa shape index (κ3) is 3.69. The van der Waals surface area contributed by atoms with Gasteiger partial charge in [0.15, 0.2) is 0 Å². The molecule has 116 valence electrons. The number of benzene rings is 1. The highest BCUT2D eigenvalue weighted by Crippen LogP contribution is 2.47. The molecule has 2 heterocycles. The Balaban J connectivity index is 0.00000161. The van der Waals surface area contributed by atoms with Crippen molar-refractivity contribution in [2.75, 3.05) is 7.05 Å². The number of rotatable bonds is 2. The zero-order valence-corrected chi connectivity index (χ0v) is 16.6. The van der Waals surface area contributed by atoms with Gasteiger partial charge in [-0.3, -0.25) is 4.90 Å². The Hall–Kier alpha value is 0.460. The van der Waals surface area contributed by atoms with Crippen molar-refractivity contribution in [2.45, 2.75) is 37.3 Å². The molecule has 0 N–H and O–H groups in total. The highest BCUT2D eigenvalue weighted by Gasteiger charge is 2.44. The zero-order chi connectivity index (χ0) is 14.3. The standard InChI is InChI=1S/C16H18Br2ClN.ClH/c1-20-12-6-7-15(20)14(9-16(17)18)13(8-12)10-2-4-11(19)5-3-10;/h2-5,9,12-15H,6-8H2,1H3;1H/t12-,13+,14+,15+;/m0./s1. The smallest absolute Gasteiger partial charge is 0.0567 e. The van der Waals surface area contributed by atoms with Crippen molar-refractivity contribution in [3.05, 3.63) is 44.3 Å². The molecule has 2 aliphatic rings. The van der Waals surface area contributed by atoms with Gasteiger partial charge >= 0.3 is 0 Å². The van der Waals surface area contributed by atoms with Crippen LogP contribution in [0.5, 0.6) is 0 Å². The Morgan fingerprint density at radius 1 is 1.24 bits per heavy atom. The molecule has 1 aromatic carbocycles. The molecule has 1 nitrogen and oxygen atoms in total. The van der Waals surface area contributed by atoms with Gasteiger partial charge in [-0.15, -0.1) is 12.4 Å². The fourth-order valence-corrected chi connectivity index (χ4v) is 4.69. The molecule has 0 unspecified atom stereocenters. The van der Waals surface area contributed by atoms with E-state index in [2.05, 4.69) is 62.0 Å². The number of nitrogens with zero attached hydrogens (tertiary/aromatic N) is 1. The van der Waals surface area contributed by atoms with Crippen molar-refractivity contribution in [3.63, 3.8) is 0 Å². The maximum Gasteiger partial charge on any atom is 0.0567 e. The van der Waals surface area contributed by atoms with Gasteiger partial charge in [0.2, 0.25) is 0 Å². The van der Waals surface area contributed by atoms with E-state index in [4.69, 9.17) is 11.6 Å². The zero-order valence-electron chi connectivity index (χ0n) is 11.8. The topological polar surface area (TPSA) is 3.24 Å². The minimum atomic E-state index is 0. The average molecular weight is 456 g/mol. The van der Waals surface area contributed by atoms with E-state index in [0.717, 1.165) is 14.5 Å². The lowest BCUT2D eigenvalue weighted by Gasteiger charge is -2.42. The number of halogens is 4. The first-order valence-corrected chi connectivity index (χ1v) is 9.03. The summed E-state index contributed by atoms with van der Waals surface area (Å²) in [5, 5.41) is 0.818. The molecule has 1 aromatic rings. The molecule has 3 rings (SSSR count). The van der Waals surface area contributed by atoms with Crippen LogP contribution in [-0.2, 0) is 0 Å². The monoisotopic (exact) mass is 453 g/mol. The summed E-state index contributed by atoms with van der Waals surface area (Å²) < 4.78 is 1.06. The van der Waals surface area contributed by atoms with E-state index in [1.807, 2.05) is 12.1 Å². The summed E-state index contributed by atoms with van der Waals surface area (Å²) in [6.45, 7) is 0. The normalized spacial score (nSPS) is 31.6. The number of piperidine rings is 1. The second-order valence-corrected chi connectivity index (χ2v) is 9.10. The van der Waals surface area contributed by atoms with Crippen molar-refractivity contribution in [2.24, 2.45) is 5.92 Å². The molecule has 2 bridgehead atoms. The number of fused-ring (bicyclic) bond motifs is 2. The molecule has 2 saturated heterocycles. The molecule has 0 amide bonds. The van der Waals surface area contributed by atoms with E-state index >= 15 is 0 Å². The van der Waals surface area contributed by atoms with Gasteiger partial charge < -0.3 is 0 Å². The minimum Gasteiger partial charge on any atom is -0.300 e. The minimum absolute atomic E-state index is 0. The maximum absolute atomic E-state index is 6.03. The summed E-state index contributed by atoms with van der Waals surface area (Å²) in [4.78, 5) is 2.58. The first-order chi connectivity index (χ1) is 9.56. The predicted molar refractivity (Wildman–Crippen MR) is 100 cm³/mol. The molecule has 2 fully saturated rings. The highest BCUT2D eigenvalue weighted by atomic mass is 79.9. The van der Waals surface area contributed by atoms with E-state index in [1.54, 1.807) is 0 Å². The Labute approximate surface area is 154 Å². The van der Waals surface area contributed by atoms with Crippen LogP contribution >= 0.6 is 55.9 Å². The third-order valence-electron chi connectivity index (χ3n) is 4.95. The molecule has 4 atom stereocenters. The van der Waals surface area contributed by atoms with Crippen LogP contribution in [0.15, 0.2) is 33.7 Å². The van der Waals surface area contributed by atoms with E-state index in [9.17, 15) is 0 Å². The lowest BCUT2D eigenvalue weighted by Crippen LogP contribution is -2.45. The Morgan fingerprint density at radius 3 is 2.52 bits per heavy atom. The summed E-state index contributed by atoms with van der Waals surface area (Å²) in [5.74, 6) is 1.14. The fraction of sp³-hybridized carbons (Fsp3) is 0.500. The summed E-state index contributed by atoms with van der Waals surface area (Å²) >= 11 is 13.1. The third-order valence-corrected chi connectivity index (χ3v) is 5.73. The lowest BCUT2D eigenvalue weighted by atomic mass is 9.76. The largest absolute Gasteiger partial charge is 0.300 e. The van der Waals surface area contributed by atoms with Crippen molar-refractivity contribution in [3.8, 4) is 0 Å². The molecule has 0 radical (unpaired) electrons. The average Bonchev–Trinajstić information content (AvgIpc) is 2.65. The summed E-state index contributed by atoms with van der Waals surface area (Å²) in [6, 6.07) is 9.81. The van der Waals surface area contributed by atoms with Crippen LogP contribution in [0.1, 0.15) is 30.7 Å². The van der Waals surface area contributed by atoms with Crippen LogP contribution in [0.25, 0.3) is 0 Å². The second-order valence-electron chi connectivity index (χ2n) is 5.89. The van der Waals surface area contributed by atoms with Gasteiger partial charge in [0.1, 0.15) is 0 Å². The molecule has 21 heavy (non-hydrogen) atoms. The summed E-state index contributed by atoms with van der Waals surface area (Å²) in [6.07, 6.45) is 6.21. The van der Waals surface area contributed by atoms with Crippen LogP contribution in [-0.4, -0.2) is 24.0 Å². The van der Waals surface area contributed by atoms with Crippen LogP contribution in [0, 0.1) is 5.92 Å². The first-order valence-electron chi connectivity index (χ1n) is 7.06. The molecule has 0 spiro atoms. The van der Waals surface area contributed by atoms with Crippen LogP contribution in [0.2, 0.25) is 5.02 Å². The molecular formula is C16H19Br2Cl2N. The Kier molecular flexibility index (Phi) is 6.24. The second kappa shape index (κ2) is 7.35. The van der Waals surface area contributed by atoms with E-state index in [1.165, 1.54) is 24.8 Å². The van der Waals surface area contributed by atoms with E-state index in [0.29, 0.717) is 17.9 Å². The SMILES string of the molecule is CN1[C@H]2CC[C@@H]1[C@H](C=C(Br)Br)[C@@H](c1ccc(Cl)cc1)C2.Cl. The van der Waals surface area contributed by atoms with Gasteiger partial charge in [-0.05, 0) is 81.8 Å². The van der Waals surface area contributed by atoms with Gasteiger partial charge in [-0.25, -0.2) is 0 Å². The van der Waals surface area contributed by atoms with Gasteiger partial charge in [0.05, 0.1) is 3.39 Å². The molecule has 0 aliphatic carbocycles. The van der Waals surface area contributed by atoms with Crippen molar-refractivity contribution in [1.82, 2.24) is 4.90 Å². The quantitative estimate of drug-likeness (QED) is 0.531. The van der Waals surface area contributed by atoms with E-state index in [-0.39, 0.29) is 12.4 Å². The number of hydrogen-bond acceptors (Lipinski definition) is 1. The van der Waals surface area contributed by atoms with Crippen LogP contribution < -0.4 is 0 Å². The van der Waals surface area contributed by atoms with Crippen LogP contribution in [0.3, 0.4) is 0 Å². The number of hydrogen-bond donors (Lipinski definition) is 0. The lowest BCUT2D eigenvalue weighted by molar-refractivity contribution is 0.124. The van der Waals surface area contributed by atoms with E-state index < -0.39 is 0 Å². The fourth-order valence-electron chi connectivity index (χ4n) is 3.95. The molecular weight excluding hydrogens is 437 g/mol. The first kappa shape index (κ1) is 17.8. The van der Waals surface area contributed by atoms with Crippen LogP contribution in [0.4, 0.5) is 0 Å². The Bertz CT molecular complexity index is 514. The molecule has 2 aliphatic heterocycles. The van der Waals surface area contributed by atoms with Gasteiger partial charge in [0, 0.05) is 23.0 Å². The highest BCUT2D eigenvalue weighted by molar-refractivity contribution is 9.28. The van der Waals surface area contributed by atoms with Gasteiger partial charge in [-0.1, -0.05) is 29.8 Å². The van der Waals surface area contributed by atoms with Gasteiger partial charge in [-0.2, -0.15) is 0 Å². The van der Waals surface area contributed by atoms with Gasteiger partial charge in [0.25, 0.3) is 0 Å². The molecule has 0 aromatic heterocycles. The molecule has 5 heteroatoms. The molecule has 0 saturated carbocycles. The Morgan fingerprint density at radius 2 is 1.90 bits per heavy atom. The van der Waals surface area contributed by atoms with Crippen molar-refractivity contribution in [1.29, 1.82) is 0 Å². The summed E-state index contributed by atoms with van der Waals surface area (Å²) in [5.41, 5.74) is 1.42. The van der Waals surface area contributed by atoms with Crippen molar-refractivity contribution < 1.29 is 0 Å².